The van der Waals surface area contributed by atoms with Crippen molar-refractivity contribution < 1.29 is 13.9 Å². The monoisotopic (exact) mass is 446 g/mol. The molecule has 4 N–H and O–H groups in total. The molecule has 0 atom stereocenters. The summed E-state index contributed by atoms with van der Waals surface area (Å²) in [5.74, 6) is -0.166. The van der Waals surface area contributed by atoms with Crippen molar-refractivity contribution in [2.75, 3.05) is 6.61 Å². The normalized spacial score (nSPS) is 11.8. The highest BCUT2D eigenvalue weighted by atomic mass is 16.5. The number of hydrogen-bond acceptors (Lipinski definition) is 5. The summed E-state index contributed by atoms with van der Waals surface area (Å²) in [4.78, 5) is 39.8. The Balaban J connectivity index is 1.92. The average molecular weight is 446 g/mol. The van der Waals surface area contributed by atoms with E-state index in [0.717, 1.165) is 5.39 Å². The third kappa shape index (κ3) is 3.20. The lowest BCUT2D eigenvalue weighted by Gasteiger charge is -2.11. The van der Waals surface area contributed by atoms with Crippen LogP contribution in [0.3, 0.4) is 0 Å². The number of nitrogens with zero attached hydrogens (tertiary/aromatic N) is 1. The molecule has 5 rings (SSSR count). The molecule has 0 aliphatic carbocycles. The van der Waals surface area contributed by atoms with Gasteiger partial charge >= 0.3 is 0 Å². The first-order chi connectivity index (χ1) is 15.8. The summed E-state index contributed by atoms with van der Waals surface area (Å²) in [5.41, 5.74) is 8.71. The maximum atomic E-state index is 13.1. The Morgan fingerprint density at radius 3 is 2.70 bits per heavy atom. The summed E-state index contributed by atoms with van der Waals surface area (Å²) in [7, 11) is 0. The number of benzene rings is 2. The van der Waals surface area contributed by atoms with E-state index in [-0.39, 0.29) is 23.6 Å². The number of aryl methyl sites for hydroxylation is 1. The number of amides is 1. The number of aromatic nitrogens is 3. The fourth-order valence-electron chi connectivity index (χ4n) is 4.17. The van der Waals surface area contributed by atoms with Gasteiger partial charge < -0.3 is 19.9 Å². The highest BCUT2D eigenvalue weighted by molar-refractivity contribution is 6.14. The molecule has 0 bridgehead atoms. The van der Waals surface area contributed by atoms with Crippen molar-refractivity contribution in [3.63, 3.8) is 0 Å². The minimum Gasteiger partial charge on any atom is -0.484 e. The molecular formula is C24H22N4O5. The molecule has 0 saturated heterocycles. The van der Waals surface area contributed by atoms with Crippen LogP contribution in [0.15, 0.2) is 50.4 Å². The molecule has 33 heavy (non-hydrogen) atoms. The Morgan fingerprint density at radius 2 is 1.97 bits per heavy atom. The van der Waals surface area contributed by atoms with Gasteiger partial charge in [0.1, 0.15) is 17.0 Å². The third-order valence-corrected chi connectivity index (χ3v) is 5.72. The van der Waals surface area contributed by atoms with E-state index in [4.69, 9.17) is 14.9 Å². The van der Waals surface area contributed by atoms with Crippen molar-refractivity contribution in [1.82, 2.24) is 14.8 Å². The Bertz CT molecular complexity index is 1680. The van der Waals surface area contributed by atoms with Crippen LogP contribution in [0.5, 0.6) is 5.75 Å². The number of H-pyrrole nitrogens is 2. The topological polar surface area (TPSA) is 136 Å². The van der Waals surface area contributed by atoms with E-state index in [1.54, 1.807) is 35.9 Å². The number of pyridine rings is 1. The van der Waals surface area contributed by atoms with Gasteiger partial charge in [-0.05, 0) is 50.6 Å². The number of furan rings is 1. The predicted octanol–water partition coefficient (Wildman–Crippen LogP) is 3.34. The van der Waals surface area contributed by atoms with Crippen molar-refractivity contribution in [3.8, 4) is 16.9 Å². The second-order valence-corrected chi connectivity index (χ2v) is 8.28. The first-order valence-electron chi connectivity index (χ1n) is 10.5. The smallest absolute Gasteiger partial charge is 0.274 e. The zero-order valence-electron chi connectivity index (χ0n) is 18.3. The van der Waals surface area contributed by atoms with Crippen molar-refractivity contribution >= 4 is 39.0 Å². The number of carbonyl (C=O) groups excluding carboxylic acids is 1. The number of nitrogens with two attached hydrogens (primary N) is 1. The van der Waals surface area contributed by atoms with Crippen LogP contribution in [0.2, 0.25) is 0 Å². The minimum atomic E-state index is -0.592. The van der Waals surface area contributed by atoms with E-state index in [2.05, 4.69) is 10.1 Å². The van der Waals surface area contributed by atoms with Crippen LogP contribution in [-0.4, -0.2) is 27.3 Å². The Labute approximate surface area is 186 Å². The van der Waals surface area contributed by atoms with Gasteiger partial charge in [0, 0.05) is 22.6 Å². The van der Waals surface area contributed by atoms with Crippen LogP contribution in [-0.2, 0) is 4.79 Å². The molecule has 3 heterocycles. The average Bonchev–Trinajstić information content (AvgIpc) is 3.32. The van der Waals surface area contributed by atoms with Crippen molar-refractivity contribution in [3.05, 3.63) is 62.5 Å². The molecule has 0 fully saturated rings. The Hall–Kier alpha value is -4.27. The van der Waals surface area contributed by atoms with Crippen LogP contribution in [0.1, 0.15) is 25.5 Å². The van der Waals surface area contributed by atoms with Crippen molar-refractivity contribution in [1.29, 1.82) is 0 Å². The molecule has 1 amide bonds. The van der Waals surface area contributed by atoms with Gasteiger partial charge in [0.2, 0.25) is 0 Å². The van der Waals surface area contributed by atoms with Gasteiger partial charge in [0.15, 0.2) is 17.6 Å². The lowest BCUT2D eigenvalue weighted by molar-refractivity contribution is -0.119. The van der Waals surface area contributed by atoms with Gasteiger partial charge in [0.25, 0.3) is 11.5 Å². The van der Waals surface area contributed by atoms with Crippen molar-refractivity contribution in [2.45, 2.75) is 26.8 Å². The number of nitrogens with one attached hydrogen (secondary N) is 2. The summed E-state index contributed by atoms with van der Waals surface area (Å²) in [6, 6.07) is 10.2. The Morgan fingerprint density at radius 1 is 1.18 bits per heavy atom. The number of carbonyl (C=O) groups is 1. The van der Waals surface area contributed by atoms with Crippen LogP contribution >= 0.6 is 0 Å². The molecule has 168 valence electrons. The molecule has 0 aliphatic rings. The quantitative estimate of drug-likeness (QED) is 0.380. The summed E-state index contributed by atoms with van der Waals surface area (Å²) in [6.07, 6.45) is 0. The van der Waals surface area contributed by atoms with Gasteiger partial charge in [-0.25, -0.2) is 0 Å². The molecule has 0 aliphatic heterocycles. The first kappa shape index (κ1) is 20.6. The number of hydrogen-bond donors (Lipinski definition) is 3. The number of aromatic amines is 2. The summed E-state index contributed by atoms with van der Waals surface area (Å²) < 4.78 is 13.5. The summed E-state index contributed by atoms with van der Waals surface area (Å²) in [6.45, 7) is 5.38. The fourth-order valence-corrected chi connectivity index (χ4v) is 4.17. The SMILES string of the molecule is Cc1c(=O)ccc2c1oc1c(-c3cccc(OCC(N)=O)c3)c3c(=O)[nH]n(C(C)C)c3[nH]c12. The standard InChI is InChI=1S/C24H22N4O5/c1-11(2)28-23-19(24(31)27-28)18(13-5-4-6-14(9-13)32-10-17(25)30)22-20(26-23)15-7-8-16(29)12(3)21(15)33-22/h4-9,11,26H,10H2,1-3H3,(H2,25,30)(H,27,31). The number of ether oxygens (including phenoxy) is 1. The molecule has 2 aromatic carbocycles. The molecular weight excluding hydrogens is 424 g/mol. The second kappa shape index (κ2) is 7.40. The zero-order valence-corrected chi connectivity index (χ0v) is 18.3. The maximum absolute atomic E-state index is 13.1. The van der Waals surface area contributed by atoms with Crippen LogP contribution < -0.4 is 21.5 Å². The zero-order chi connectivity index (χ0) is 23.4. The summed E-state index contributed by atoms with van der Waals surface area (Å²) in [5, 5.41) is 4.06. The Kier molecular flexibility index (Phi) is 4.63. The number of fused-ring (bicyclic) bond motifs is 4. The van der Waals surface area contributed by atoms with Crippen LogP contribution in [0, 0.1) is 6.92 Å². The van der Waals surface area contributed by atoms with Gasteiger partial charge in [-0.3, -0.25) is 24.2 Å². The molecule has 9 nitrogen and oxygen atoms in total. The lowest BCUT2D eigenvalue weighted by atomic mass is 10.0. The fraction of sp³-hybridized carbons (Fsp3) is 0.208. The van der Waals surface area contributed by atoms with Gasteiger partial charge in [-0.15, -0.1) is 0 Å². The number of rotatable bonds is 5. The summed E-state index contributed by atoms with van der Waals surface area (Å²) >= 11 is 0. The third-order valence-electron chi connectivity index (χ3n) is 5.72. The second-order valence-electron chi connectivity index (χ2n) is 8.28. The van der Waals surface area contributed by atoms with Crippen LogP contribution in [0.25, 0.3) is 44.2 Å². The van der Waals surface area contributed by atoms with E-state index < -0.39 is 5.91 Å². The maximum Gasteiger partial charge on any atom is 0.274 e. The highest BCUT2D eigenvalue weighted by Gasteiger charge is 2.23. The molecule has 0 radical (unpaired) electrons. The van der Waals surface area contributed by atoms with E-state index in [9.17, 15) is 14.4 Å². The van der Waals surface area contributed by atoms with Gasteiger partial charge in [0.05, 0.1) is 10.9 Å². The van der Waals surface area contributed by atoms with E-state index in [0.29, 0.717) is 50.2 Å². The first-order valence-corrected chi connectivity index (χ1v) is 10.5. The molecule has 3 aromatic heterocycles. The minimum absolute atomic E-state index is 0.0184. The van der Waals surface area contributed by atoms with E-state index >= 15 is 0 Å². The van der Waals surface area contributed by atoms with Crippen molar-refractivity contribution in [2.24, 2.45) is 5.73 Å². The molecule has 9 heteroatoms. The van der Waals surface area contributed by atoms with Crippen LogP contribution in [0.4, 0.5) is 0 Å². The number of primary amides is 1. The highest BCUT2D eigenvalue weighted by Crippen LogP contribution is 2.39. The molecule has 5 aromatic rings. The van der Waals surface area contributed by atoms with Gasteiger partial charge in [-0.1, -0.05) is 12.1 Å². The lowest BCUT2D eigenvalue weighted by Crippen LogP contribution is -2.19. The van der Waals surface area contributed by atoms with Gasteiger partial charge in [-0.2, -0.15) is 0 Å². The predicted molar refractivity (Wildman–Crippen MR) is 126 cm³/mol. The molecule has 0 saturated carbocycles. The largest absolute Gasteiger partial charge is 0.484 e. The molecule has 0 spiro atoms. The molecule has 0 unspecified atom stereocenters. The van der Waals surface area contributed by atoms with E-state index in [1.807, 2.05) is 19.9 Å². The van der Waals surface area contributed by atoms with E-state index in [1.165, 1.54) is 6.07 Å².